The van der Waals surface area contributed by atoms with Gasteiger partial charge in [-0.1, -0.05) is 13.8 Å². The van der Waals surface area contributed by atoms with Crippen LogP contribution in [0.15, 0.2) is 0 Å². The van der Waals surface area contributed by atoms with Crippen molar-refractivity contribution in [1.29, 1.82) is 0 Å². The van der Waals surface area contributed by atoms with E-state index in [1.807, 2.05) is 13.8 Å². The van der Waals surface area contributed by atoms with Crippen molar-refractivity contribution >= 4 is 6.16 Å². The second kappa shape index (κ2) is 9.42. The summed E-state index contributed by atoms with van der Waals surface area (Å²) in [6.45, 7) is 11.1. The van der Waals surface area contributed by atoms with Crippen molar-refractivity contribution in [2.75, 3.05) is 0 Å². The quantitative estimate of drug-likeness (QED) is 0.592. The first-order valence-corrected chi connectivity index (χ1v) is 5.22. The third kappa shape index (κ3) is 72.8. The molecule has 0 spiro atoms. The summed E-state index contributed by atoms with van der Waals surface area (Å²) in [6, 6.07) is 0. The normalized spacial score (nSPS) is 10.5. The van der Waals surface area contributed by atoms with Crippen LogP contribution in [0.5, 0.6) is 0 Å². The van der Waals surface area contributed by atoms with Crippen molar-refractivity contribution < 1.29 is 25.2 Å². The zero-order valence-corrected chi connectivity index (χ0v) is 11.1. The van der Waals surface area contributed by atoms with Crippen molar-refractivity contribution in [2.45, 2.75) is 65.6 Å². The fourth-order valence-corrected chi connectivity index (χ4v) is 0. The third-order valence-corrected chi connectivity index (χ3v) is 1.73. The van der Waals surface area contributed by atoms with E-state index < -0.39 is 17.4 Å². The molecule has 5 heteroatoms. The maximum Gasteiger partial charge on any atom is 0.503 e. The van der Waals surface area contributed by atoms with Gasteiger partial charge in [0.1, 0.15) is 0 Å². The molecule has 0 saturated heterocycles. The lowest BCUT2D eigenvalue weighted by Crippen LogP contribution is -2.15. The molecule has 100 valence electrons. The van der Waals surface area contributed by atoms with Crippen molar-refractivity contribution in [2.24, 2.45) is 0 Å². The highest BCUT2D eigenvalue weighted by molar-refractivity contribution is 5.53. The Balaban J connectivity index is -0.000000162. The molecule has 0 bridgehead atoms. The first kappa shape index (κ1) is 20.6. The second-order valence-electron chi connectivity index (χ2n) is 4.61. The van der Waals surface area contributed by atoms with E-state index in [0.29, 0.717) is 0 Å². The summed E-state index contributed by atoms with van der Waals surface area (Å²) in [4.78, 5) is 8.56. The molecule has 5 nitrogen and oxygen atoms in total. The summed E-state index contributed by atoms with van der Waals surface area (Å²) in [5.74, 6) is 0. The molecule has 0 fully saturated rings. The molecule has 0 aromatic rings. The number of carbonyl (C=O) groups is 1. The fraction of sp³-hybridized carbons (Fsp3) is 0.909. The Morgan fingerprint density at radius 2 is 0.938 bits per heavy atom. The number of hydrogen-bond donors (Lipinski definition) is 4. The molecule has 0 aromatic heterocycles. The van der Waals surface area contributed by atoms with Crippen molar-refractivity contribution in [3.8, 4) is 0 Å². The molecular formula is C11H26O5. The minimum atomic E-state index is -1.83. The molecule has 0 amide bonds. The van der Waals surface area contributed by atoms with Gasteiger partial charge in [0.2, 0.25) is 0 Å². The van der Waals surface area contributed by atoms with Gasteiger partial charge in [-0.15, -0.1) is 0 Å². The second-order valence-corrected chi connectivity index (χ2v) is 4.61. The highest BCUT2D eigenvalue weighted by Gasteiger charge is 2.06. The van der Waals surface area contributed by atoms with E-state index in [0.717, 1.165) is 12.8 Å². The minimum Gasteiger partial charge on any atom is -0.450 e. The Hall–Kier alpha value is -0.810. The molecule has 0 aliphatic rings. The highest BCUT2D eigenvalue weighted by Crippen LogP contribution is 2.04. The summed E-state index contributed by atoms with van der Waals surface area (Å²) < 4.78 is 0. The molecule has 0 rings (SSSR count). The maximum absolute atomic E-state index is 8.83. The summed E-state index contributed by atoms with van der Waals surface area (Å²) >= 11 is 0. The van der Waals surface area contributed by atoms with Crippen molar-refractivity contribution in [1.82, 2.24) is 0 Å². The smallest absolute Gasteiger partial charge is 0.450 e. The molecule has 16 heavy (non-hydrogen) atoms. The van der Waals surface area contributed by atoms with Crippen LogP contribution in [0, 0.1) is 0 Å². The van der Waals surface area contributed by atoms with Crippen LogP contribution in [0.3, 0.4) is 0 Å². The van der Waals surface area contributed by atoms with Gasteiger partial charge in [-0.2, -0.15) is 0 Å². The average molecular weight is 238 g/mol. The average Bonchev–Trinajstić information content (AvgIpc) is 2.02. The van der Waals surface area contributed by atoms with E-state index in [4.69, 9.17) is 25.2 Å². The Morgan fingerprint density at radius 3 is 0.938 bits per heavy atom. The van der Waals surface area contributed by atoms with Crippen LogP contribution in [-0.2, 0) is 0 Å². The number of rotatable bonds is 2. The Labute approximate surface area is 97.7 Å². The zero-order valence-electron chi connectivity index (χ0n) is 11.1. The van der Waals surface area contributed by atoms with Crippen LogP contribution >= 0.6 is 0 Å². The molecule has 0 radical (unpaired) electrons. The van der Waals surface area contributed by atoms with E-state index >= 15 is 0 Å². The zero-order chi connectivity index (χ0) is 14.0. The van der Waals surface area contributed by atoms with Crippen LogP contribution < -0.4 is 0 Å². The van der Waals surface area contributed by atoms with Gasteiger partial charge >= 0.3 is 6.16 Å². The van der Waals surface area contributed by atoms with Gasteiger partial charge in [0.15, 0.2) is 0 Å². The van der Waals surface area contributed by atoms with E-state index in [1.54, 1.807) is 27.7 Å². The van der Waals surface area contributed by atoms with Crippen LogP contribution in [0.4, 0.5) is 4.79 Å². The number of carboxylic acid groups (broad SMARTS) is 2. The van der Waals surface area contributed by atoms with E-state index in [1.165, 1.54) is 0 Å². The Morgan fingerprint density at radius 1 is 0.875 bits per heavy atom. The van der Waals surface area contributed by atoms with E-state index in [2.05, 4.69) is 0 Å². The molecule has 0 aliphatic carbocycles. The summed E-state index contributed by atoms with van der Waals surface area (Å²) in [7, 11) is 0. The van der Waals surface area contributed by atoms with Crippen LogP contribution in [0.1, 0.15) is 54.4 Å². The largest absolute Gasteiger partial charge is 0.503 e. The highest BCUT2D eigenvalue weighted by atomic mass is 16.6. The fourth-order valence-electron chi connectivity index (χ4n) is 0. The molecule has 0 saturated carbocycles. The molecule has 0 aliphatic heterocycles. The predicted octanol–water partition coefficient (Wildman–Crippen LogP) is 2.56. The lowest BCUT2D eigenvalue weighted by molar-refractivity contribution is 0.0759. The molecule has 0 unspecified atom stereocenters. The lowest BCUT2D eigenvalue weighted by Gasteiger charge is -2.11. The van der Waals surface area contributed by atoms with Gasteiger partial charge in [-0.25, -0.2) is 4.79 Å². The van der Waals surface area contributed by atoms with Crippen LogP contribution in [0.2, 0.25) is 0 Å². The van der Waals surface area contributed by atoms with Gasteiger partial charge in [-0.3, -0.25) is 0 Å². The van der Waals surface area contributed by atoms with E-state index in [-0.39, 0.29) is 0 Å². The monoisotopic (exact) mass is 238 g/mol. The molecule has 0 aromatic carbocycles. The lowest BCUT2D eigenvalue weighted by atomic mass is 10.1. The third-order valence-electron chi connectivity index (χ3n) is 1.73. The van der Waals surface area contributed by atoms with Crippen LogP contribution in [-0.4, -0.2) is 37.8 Å². The molecule has 4 N–H and O–H groups in total. The standard InChI is InChI=1S/2C5H12O.CH2O3/c2*1-4-5(2,3)6;2-1(3)4/h2*6H,4H2,1-3H3;(H2,2,3,4). The van der Waals surface area contributed by atoms with Gasteiger partial charge < -0.3 is 20.4 Å². The SMILES string of the molecule is CCC(C)(C)O.CCC(C)(C)O.O=C(O)O. The van der Waals surface area contributed by atoms with Gasteiger partial charge in [0, 0.05) is 0 Å². The summed E-state index contributed by atoms with van der Waals surface area (Å²) in [5, 5.41) is 31.6. The van der Waals surface area contributed by atoms with E-state index in [9.17, 15) is 0 Å². The number of hydrogen-bond acceptors (Lipinski definition) is 3. The minimum absolute atomic E-state index is 0.458. The Kier molecular flexibility index (Phi) is 12.1. The van der Waals surface area contributed by atoms with Crippen molar-refractivity contribution in [3.63, 3.8) is 0 Å². The van der Waals surface area contributed by atoms with Gasteiger partial charge in [-0.05, 0) is 40.5 Å². The first-order valence-electron chi connectivity index (χ1n) is 5.22. The van der Waals surface area contributed by atoms with Crippen molar-refractivity contribution in [3.05, 3.63) is 0 Å². The molecule has 0 atom stereocenters. The summed E-state index contributed by atoms with van der Waals surface area (Å²) in [6.07, 6.45) is -0.181. The molecule has 0 heterocycles. The molecular weight excluding hydrogens is 212 g/mol. The predicted molar refractivity (Wildman–Crippen MR) is 63.8 cm³/mol. The summed E-state index contributed by atoms with van der Waals surface area (Å²) in [5.41, 5.74) is -0.917. The first-order chi connectivity index (χ1) is 6.85. The van der Waals surface area contributed by atoms with Gasteiger partial charge in [0.05, 0.1) is 11.2 Å². The number of aliphatic hydroxyl groups is 2. The topological polar surface area (TPSA) is 98.0 Å². The van der Waals surface area contributed by atoms with Gasteiger partial charge in [0.25, 0.3) is 0 Å². The van der Waals surface area contributed by atoms with Crippen LogP contribution in [0.25, 0.3) is 0 Å². The Bertz CT molecular complexity index is 146. The maximum atomic E-state index is 8.83.